The van der Waals surface area contributed by atoms with Crippen molar-refractivity contribution in [3.05, 3.63) is 34.1 Å². The number of aliphatic hydroxyl groups is 1. The summed E-state index contributed by atoms with van der Waals surface area (Å²) in [4.78, 5) is 22.9. The molecule has 0 amide bonds. The fraction of sp³-hybridized carbons (Fsp3) is 0.417. The van der Waals surface area contributed by atoms with Crippen LogP contribution in [0.3, 0.4) is 0 Å². The Bertz CT molecular complexity index is 633. The lowest BCUT2D eigenvalue weighted by atomic mass is 10.2. The highest BCUT2D eigenvalue weighted by molar-refractivity contribution is 7.99. The molecule has 2 N–H and O–H groups in total. The van der Waals surface area contributed by atoms with Crippen molar-refractivity contribution in [2.24, 2.45) is 7.05 Å². The zero-order chi connectivity index (χ0) is 14.0. The Morgan fingerprint density at radius 3 is 2.84 bits per heavy atom. The topological polar surface area (TPSA) is 83.8 Å². The minimum absolute atomic E-state index is 0.0654. The molecule has 0 unspecified atom stereocenters. The predicted molar refractivity (Wildman–Crippen MR) is 72.2 cm³/mol. The van der Waals surface area contributed by atoms with Gasteiger partial charge in [0.2, 0.25) is 0 Å². The number of aliphatic hydroxyl groups excluding tert-OH is 1. The maximum absolute atomic E-state index is 11.6. The number of aromatic nitrogens is 4. The smallest absolute Gasteiger partial charge is 0.252 e. The average Bonchev–Trinajstić information content (AvgIpc) is 2.70. The van der Waals surface area contributed by atoms with Gasteiger partial charge in [-0.15, -0.1) is 0 Å². The van der Waals surface area contributed by atoms with E-state index in [4.69, 9.17) is 5.11 Å². The maximum Gasteiger partial charge on any atom is 0.252 e. The first-order valence-corrected chi connectivity index (χ1v) is 6.73. The van der Waals surface area contributed by atoms with Crippen LogP contribution in [0, 0.1) is 0 Å². The summed E-state index contributed by atoms with van der Waals surface area (Å²) in [5.41, 5.74) is 0.550. The van der Waals surface area contributed by atoms with E-state index in [1.165, 1.54) is 17.8 Å². The molecule has 0 saturated heterocycles. The molecule has 2 aromatic heterocycles. The van der Waals surface area contributed by atoms with E-state index < -0.39 is 0 Å². The molecule has 2 aromatic rings. The first-order valence-electron chi connectivity index (χ1n) is 5.92. The molecule has 0 spiro atoms. The van der Waals surface area contributed by atoms with Gasteiger partial charge in [0.25, 0.3) is 5.56 Å². The largest absolute Gasteiger partial charge is 0.390 e. The second kappa shape index (κ2) is 5.58. The Morgan fingerprint density at radius 2 is 2.26 bits per heavy atom. The van der Waals surface area contributed by atoms with E-state index in [0.717, 1.165) is 5.69 Å². The molecule has 0 bridgehead atoms. The summed E-state index contributed by atoms with van der Waals surface area (Å²) in [5.74, 6) is 0.814. The number of nitrogens with zero attached hydrogens (tertiary/aromatic N) is 3. The monoisotopic (exact) mass is 280 g/mol. The third-order valence-electron chi connectivity index (χ3n) is 2.68. The van der Waals surface area contributed by atoms with E-state index in [0.29, 0.717) is 16.0 Å². The van der Waals surface area contributed by atoms with E-state index in [-0.39, 0.29) is 18.1 Å². The summed E-state index contributed by atoms with van der Waals surface area (Å²) in [5, 5.41) is 10.4. The number of hydrogen-bond acceptors (Lipinski definition) is 5. The lowest BCUT2D eigenvalue weighted by molar-refractivity contribution is 0.271. The molecule has 0 atom stereocenters. The van der Waals surface area contributed by atoms with Crippen molar-refractivity contribution in [3.8, 4) is 0 Å². The highest BCUT2D eigenvalue weighted by Gasteiger charge is 2.11. The molecule has 2 heterocycles. The van der Waals surface area contributed by atoms with Crippen LogP contribution in [0.1, 0.15) is 31.3 Å². The van der Waals surface area contributed by atoms with Crippen molar-refractivity contribution in [2.75, 3.05) is 0 Å². The lowest BCUT2D eigenvalue weighted by Gasteiger charge is -2.07. The number of imidazole rings is 1. The molecule has 0 aliphatic carbocycles. The molecule has 102 valence electrons. The molecule has 0 aromatic carbocycles. The number of aromatic amines is 1. The van der Waals surface area contributed by atoms with Crippen LogP contribution in [0.4, 0.5) is 0 Å². The Kier molecular flexibility index (Phi) is 4.06. The van der Waals surface area contributed by atoms with E-state index in [9.17, 15) is 4.79 Å². The Labute approximate surface area is 114 Å². The van der Waals surface area contributed by atoms with Gasteiger partial charge in [0.15, 0.2) is 5.16 Å². The van der Waals surface area contributed by atoms with Gasteiger partial charge in [-0.05, 0) is 11.8 Å². The number of H-pyrrole nitrogens is 1. The van der Waals surface area contributed by atoms with Gasteiger partial charge < -0.3 is 14.7 Å². The summed E-state index contributed by atoms with van der Waals surface area (Å²) in [6.45, 7) is 3.87. The molecule has 0 aliphatic heterocycles. The van der Waals surface area contributed by atoms with E-state index in [1.807, 2.05) is 20.9 Å². The molecule has 6 nitrogen and oxygen atoms in total. The van der Waals surface area contributed by atoms with Crippen LogP contribution in [-0.2, 0) is 13.7 Å². The standard InChI is InChI=1S/C12H16N4O2S/c1-7(2)11-14-9(18)4-10(15-11)19-12-13-5-8(6-17)16(12)3/h4-5,7,17H,6H2,1-3H3,(H,14,15,18). The molecule has 0 saturated carbocycles. The summed E-state index contributed by atoms with van der Waals surface area (Å²) >= 11 is 1.31. The number of hydrogen-bond donors (Lipinski definition) is 2. The third-order valence-corrected chi connectivity index (χ3v) is 3.66. The molecule has 19 heavy (non-hydrogen) atoms. The molecule has 7 heteroatoms. The average molecular weight is 280 g/mol. The van der Waals surface area contributed by atoms with Gasteiger partial charge >= 0.3 is 0 Å². The van der Waals surface area contributed by atoms with Crippen LogP contribution in [-0.4, -0.2) is 24.6 Å². The van der Waals surface area contributed by atoms with Gasteiger partial charge in [-0.2, -0.15) is 0 Å². The van der Waals surface area contributed by atoms with Gasteiger partial charge in [0, 0.05) is 19.0 Å². The van der Waals surface area contributed by atoms with E-state index in [2.05, 4.69) is 15.0 Å². The Morgan fingerprint density at radius 1 is 1.53 bits per heavy atom. The van der Waals surface area contributed by atoms with Gasteiger partial charge in [-0.25, -0.2) is 9.97 Å². The summed E-state index contributed by atoms with van der Waals surface area (Å²) in [6.07, 6.45) is 1.61. The van der Waals surface area contributed by atoms with Crippen LogP contribution in [0.15, 0.2) is 27.2 Å². The van der Waals surface area contributed by atoms with E-state index in [1.54, 1.807) is 10.8 Å². The summed E-state index contributed by atoms with van der Waals surface area (Å²) in [7, 11) is 1.82. The fourth-order valence-electron chi connectivity index (χ4n) is 1.54. The van der Waals surface area contributed by atoms with Crippen LogP contribution < -0.4 is 5.56 Å². The maximum atomic E-state index is 11.6. The number of rotatable bonds is 4. The van der Waals surface area contributed by atoms with Crippen molar-refractivity contribution in [1.29, 1.82) is 0 Å². The van der Waals surface area contributed by atoms with Crippen molar-refractivity contribution in [3.63, 3.8) is 0 Å². The fourth-order valence-corrected chi connectivity index (χ4v) is 2.40. The van der Waals surface area contributed by atoms with Crippen molar-refractivity contribution in [1.82, 2.24) is 19.5 Å². The molecular formula is C12H16N4O2S. The summed E-state index contributed by atoms with van der Waals surface area (Å²) in [6, 6.07) is 1.45. The molecule has 0 radical (unpaired) electrons. The van der Waals surface area contributed by atoms with Crippen molar-refractivity contribution < 1.29 is 5.11 Å². The molecule has 2 rings (SSSR count). The Balaban J connectivity index is 2.32. The highest BCUT2D eigenvalue weighted by atomic mass is 32.2. The minimum atomic E-state index is -0.169. The second-order valence-electron chi connectivity index (χ2n) is 4.47. The van der Waals surface area contributed by atoms with Crippen LogP contribution in [0.5, 0.6) is 0 Å². The normalized spacial score (nSPS) is 11.2. The van der Waals surface area contributed by atoms with Gasteiger partial charge in [0.05, 0.1) is 18.5 Å². The molecule has 0 fully saturated rings. The minimum Gasteiger partial charge on any atom is -0.390 e. The quantitative estimate of drug-likeness (QED) is 0.824. The summed E-state index contributed by atoms with van der Waals surface area (Å²) < 4.78 is 1.78. The van der Waals surface area contributed by atoms with Crippen molar-refractivity contribution in [2.45, 2.75) is 36.6 Å². The lowest BCUT2D eigenvalue weighted by Crippen LogP contribution is -2.12. The van der Waals surface area contributed by atoms with Crippen LogP contribution in [0.25, 0.3) is 0 Å². The van der Waals surface area contributed by atoms with Crippen LogP contribution in [0.2, 0.25) is 0 Å². The Hall–Kier alpha value is -1.60. The van der Waals surface area contributed by atoms with Gasteiger partial charge in [-0.3, -0.25) is 4.79 Å². The molecular weight excluding hydrogens is 264 g/mol. The predicted octanol–water partition coefficient (Wildman–Crippen LogP) is 1.27. The SMILES string of the molecule is CC(C)c1nc(Sc2ncc(CO)n2C)cc(=O)[nH]1. The zero-order valence-electron chi connectivity index (χ0n) is 11.0. The van der Waals surface area contributed by atoms with Gasteiger partial charge in [-0.1, -0.05) is 13.8 Å². The van der Waals surface area contributed by atoms with E-state index >= 15 is 0 Å². The van der Waals surface area contributed by atoms with Crippen molar-refractivity contribution >= 4 is 11.8 Å². The highest BCUT2D eigenvalue weighted by Crippen LogP contribution is 2.25. The zero-order valence-corrected chi connectivity index (χ0v) is 11.9. The second-order valence-corrected chi connectivity index (χ2v) is 5.46. The first-order chi connectivity index (χ1) is 9.01. The van der Waals surface area contributed by atoms with Gasteiger partial charge in [0.1, 0.15) is 10.9 Å². The third kappa shape index (κ3) is 3.05. The number of nitrogens with one attached hydrogen (secondary N) is 1. The molecule has 0 aliphatic rings. The van der Waals surface area contributed by atoms with Crippen LogP contribution >= 0.6 is 11.8 Å². The first kappa shape index (κ1) is 13.8.